The third kappa shape index (κ3) is 3.40. The zero-order valence-corrected chi connectivity index (χ0v) is 12.3. The summed E-state index contributed by atoms with van der Waals surface area (Å²) in [4.78, 5) is 22.9. The molecule has 116 valence electrons. The van der Waals surface area contributed by atoms with E-state index in [0.29, 0.717) is 24.3 Å². The molecule has 0 saturated heterocycles. The van der Waals surface area contributed by atoms with E-state index < -0.39 is 5.97 Å². The second-order valence-corrected chi connectivity index (χ2v) is 5.13. The van der Waals surface area contributed by atoms with Gasteiger partial charge in [-0.15, -0.1) is 0 Å². The van der Waals surface area contributed by atoms with Crippen LogP contribution in [0, 0.1) is 0 Å². The summed E-state index contributed by atoms with van der Waals surface area (Å²) in [7, 11) is 0. The highest BCUT2D eigenvalue weighted by molar-refractivity contribution is 5.97. The van der Waals surface area contributed by atoms with Gasteiger partial charge in [-0.05, 0) is 36.4 Å². The molecule has 0 amide bonds. The maximum Gasteiger partial charge on any atom is 0.335 e. The van der Waals surface area contributed by atoms with Crippen LogP contribution >= 0.6 is 0 Å². The Morgan fingerprint density at radius 2 is 1.78 bits per heavy atom. The SMILES string of the molecule is O=C(O)c1ccc(NCCC(=O)c2cc3ccccc3o2)cc1. The molecule has 5 heteroatoms. The monoisotopic (exact) mass is 309 g/mol. The molecular formula is C18H15NO4. The minimum Gasteiger partial charge on any atom is -0.478 e. The van der Waals surface area contributed by atoms with E-state index in [4.69, 9.17) is 9.52 Å². The van der Waals surface area contributed by atoms with Gasteiger partial charge in [0.1, 0.15) is 5.58 Å². The highest BCUT2D eigenvalue weighted by Crippen LogP contribution is 2.20. The lowest BCUT2D eigenvalue weighted by Gasteiger charge is -2.05. The summed E-state index contributed by atoms with van der Waals surface area (Å²) in [5.41, 5.74) is 1.70. The lowest BCUT2D eigenvalue weighted by Crippen LogP contribution is -2.08. The number of fused-ring (bicyclic) bond motifs is 1. The van der Waals surface area contributed by atoms with E-state index in [1.165, 1.54) is 12.1 Å². The fraction of sp³-hybridized carbons (Fsp3) is 0.111. The predicted octanol–water partition coefficient (Wildman–Crippen LogP) is 3.82. The molecule has 0 saturated carbocycles. The normalized spacial score (nSPS) is 10.6. The predicted molar refractivity (Wildman–Crippen MR) is 87.1 cm³/mol. The van der Waals surface area contributed by atoms with Gasteiger partial charge in [-0.2, -0.15) is 0 Å². The van der Waals surface area contributed by atoms with Gasteiger partial charge in [-0.25, -0.2) is 4.79 Å². The maximum atomic E-state index is 12.1. The Bertz CT molecular complexity index is 816. The number of hydrogen-bond acceptors (Lipinski definition) is 4. The van der Waals surface area contributed by atoms with Gasteiger partial charge in [0.25, 0.3) is 0 Å². The largest absolute Gasteiger partial charge is 0.478 e. The molecule has 3 aromatic rings. The number of anilines is 1. The van der Waals surface area contributed by atoms with E-state index in [1.807, 2.05) is 24.3 Å². The van der Waals surface area contributed by atoms with E-state index in [1.54, 1.807) is 18.2 Å². The number of carbonyl (C=O) groups excluding carboxylic acids is 1. The molecule has 0 bridgehead atoms. The second kappa shape index (κ2) is 6.36. The lowest BCUT2D eigenvalue weighted by atomic mass is 10.2. The molecule has 3 rings (SSSR count). The topological polar surface area (TPSA) is 79.5 Å². The van der Waals surface area contributed by atoms with Crippen LogP contribution in [-0.4, -0.2) is 23.4 Å². The Morgan fingerprint density at radius 3 is 2.48 bits per heavy atom. The van der Waals surface area contributed by atoms with Crippen molar-refractivity contribution < 1.29 is 19.1 Å². The molecule has 0 aliphatic carbocycles. The molecule has 23 heavy (non-hydrogen) atoms. The van der Waals surface area contributed by atoms with Crippen molar-refractivity contribution in [1.29, 1.82) is 0 Å². The van der Waals surface area contributed by atoms with Crippen molar-refractivity contribution in [2.24, 2.45) is 0 Å². The van der Waals surface area contributed by atoms with E-state index >= 15 is 0 Å². The number of hydrogen-bond donors (Lipinski definition) is 2. The van der Waals surface area contributed by atoms with Gasteiger partial charge in [-0.1, -0.05) is 18.2 Å². The van der Waals surface area contributed by atoms with Crippen LogP contribution in [0.1, 0.15) is 27.3 Å². The highest BCUT2D eigenvalue weighted by atomic mass is 16.4. The average molecular weight is 309 g/mol. The zero-order chi connectivity index (χ0) is 16.2. The van der Waals surface area contributed by atoms with Crippen LogP contribution in [0.4, 0.5) is 5.69 Å². The molecular weight excluding hydrogens is 294 g/mol. The Hall–Kier alpha value is -3.08. The molecule has 0 fully saturated rings. The second-order valence-electron chi connectivity index (χ2n) is 5.13. The van der Waals surface area contributed by atoms with Crippen molar-refractivity contribution in [3.63, 3.8) is 0 Å². The first-order valence-corrected chi connectivity index (χ1v) is 7.22. The van der Waals surface area contributed by atoms with E-state index in [-0.39, 0.29) is 11.3 Å². The Labute approximate surface area is 132 Å². The number of rotatable bonds is 6. The number of ketones is 1. The quantitative estimate of drug-likeness (QED) is 0.677. The minimum atomic E-state index is -0.961. The number of aromatic carboxylic acids is 1. The molecule has 0 radical (unpaired) electrons. The Kier molecular flexibility index (Phi) is 4.10. The smallest absolute Gasteiger partial charge is 0.335 e. The molecule has 1 heterocycles. The number of carboxylic acids is 1. The number of carbonyl (C=O) groups is 2. The first-order chi connectivity index (χ1) is 11.1. The number of Topliss-reactive ketones (excluding diaryl/α,β-unsaturated/α-hetero) is 1. The molecule has 0 aliphatic rings. The molecule has 2 N–H and O–H groups in total. The van der Waals surface area contributed by atoms with Gasteiger partial charge < -0.3 is 14.8 Å². The van der Waals surface area contributed by atoms with Gasteiger partial charge in [0, 0.05) is 24.0 Å². The summed E-state index contributed by atoms with van der Waals surface area (Å²) in [5, 5.41) is 12.8. The van der Waals surface area contributed by atoms with Crippen molar-refractivity contribution in [3.05, 3.63) is 65.9 Å². The van der Waals surface area contributed by atoms with Crippen molar-refractivity contribution in [2.45, 2.75) is 6.42 Å². The van der Waals surface area contributed by atoms with Crippen molar-refractivity contribution in [1.82, 2.24) is 0 Å². The molecule has 1 aromatic heterocycles. The molecule has 2 aromatic carbocycles. The fourth-order valence-corrected chi connectivity index (χ4v) is 2.29. The zero-order valence-electron chi connectivity index (χ0n) is 12.3. The van der Waals surface area contributed by atoms with Gasteiger partial charge in [0.05, 0.1) is 5.56 Å². The summed E-state index contributed by atoms with van der Waals surface area (Å²) in [6.45, 7) is 0.447. The number of para-hydroxylation sites is 1. The van der Waals surface area contributed by atoms with Gasteiger partial charge in [0.2, 0.25) is 0 Å². The van der Waals surface area contributed by atoms with E-state index in [2.05, 4.69) is 5.32 Å². The van der Waals surface area contributed by atoms with Crippen LogP contribution in [-0.2, 0) is 0 Å². The van der Waals surface area contributed by atoms with Crippen LogP contribution in [0.5, 0.6) is 0 Å². The summed E-state index contributed by atoms with van der Waals surface area (Å²) in [6, 6.07) is 15.6. The Balaban J connectivity index is 1.57. The number of furan rings is 1. The van der Waals surface area contributed by atoms with E-state index in [0.717, 1.165) is 11.1 Å². The summed E-state index contributed by atoms with van der Waals surface area (Å²) < 4.78 is 5.53. The van der Waals surface area contributed by atoms with Crippen LogP contribution < -0.4 is 5.32 Å². The number of nitrogens with one attached hydrogen (secondary N) is 1. The van der Waals surface area contributed by atoms with Crippen LogP contribution in [0.25, 0.3) is 11.0 Å². The number of carboxylic acid groups (broad SMARTS) is 1. The fourth-order valence-electron chi connectivity index (χ4n) is 2.29. The molecule has 0 unspecified atom stereocenters. The van der Waals surface area contributed by atoms with Crippen LogP contribution in [0.15, 0.2) is 59.0 Å². The highest BCUT2D eigenvalue weighted by Gasteiger charge is 2.11. The molecule has 0 aliphatic heterocycles. The third-order valence-electron chi connectivity index (χ3n) is 3.51. The molecule has 5 nitrogen and oxygen atoms in total. The van der Waals surface area contributed by atoms with Crippen molar-refractivity contribution in [2.75, 3.05) is 11.9 Å². The summed E-state index contributed by atoms with van der Waals surface area (Å²) >= 11 is 0. The summed E-state index contributed by atoms with van der Waals surface area (Å²) in [5.74, 6) is -0.679. The average Bonchev–Trinajstić information content (AvgIpc) is 2.99. The van der Waals surface area contributed by atoms with Crippen molar-refractivity contribution in [3.8, 4) is 0 Å². The van der Waals surface area contributed by atoms with Gasteiger partial charge >= 0.3 is 5.97 Å². The van der Waals surface area contributed by atoms with Crippen LogP contribution in [0.3, 0.4) is 0 Å². The van der Waals surface area contributed by atoms with E-state index in [9.17, 15) is 9.59 Å². The first-order valence-electron chi connectivity index (χ1n) is 7.22. The Morgan fingerprint density at radius 1 is 1.04 bits per heavy atom. The van der Waals surface area contributed by atoms with Gasteiger partial charge in [-0.3, -0.25) is 4.79 Å². The maximum absolute atomic E-state index is 12.1. The molecule has 0 atom stereocenters. The first kappa shape index (κ1) is 14.8. The summed E-state index contributed by atoms with van der Waals surface area (Å²) in [6.07, 6.45) is 0.292. The molecule has 0 spiro atoms. The van der Waals surface area contributed by atoms with Crippen molar-refractivity contribution >= 4 is 28.4 Å². The van der Waals surface area contributed by atoms with Crippen LogP contribution in [0.2, 0.25) is 0 Å². The minimum absolute atomic E-state index is 0.0733. The number of benzene rings is 2. The lowest BCUT2D eigenvalue weighted by molar-refractivity contribution is 0.0696. The van der Waals surface area contributed by atoms with Gasteiger partial charge in [0.15, 0.2) is 11.5 Å². The third-order valence-corrected chi connectivity index (χ3v) is 3.51. The standard InChI is InChI=1S/C18H15NO4/c20-15(17-11-13-3-1-2-4-16(13)23-17)9-10-19-14-7-5-12(6-8-14)18(21)22/h1-8,11,19H,9-10H2,(H,21,22).